The first-order valence-electron chi connectivity index (χ1n) is 10.7. The van der Waals surface area contributed by atoms with Crippen molar-refractivity contribution in [3.63, 3.8) is 0 Å². The highest BCUT2D eigenvalue weighted by molar-refractivity contribution is 5.76. The van der Waals surface area contributed by atoms with Crippen molar-refractivity contribution in [1.82, 2.24) is 15.3 Å². The van der Waals surface area contributed by atoms with Gasteiger partial charge in [0.2, 0.25) is 0 Å². The summed E-state index contributed by atoms with van der Waals surface area (Å²) in [6, 6.07) is 10.0. The van der Waals surface area contributed by atoms with Crippen molar-refractivity contribution < 1.29 is 0 Å². The highest BCUT2D eigenvalue weighted by Gasteiger charge is 2.45. The molecule has 2 unspecified atom stereocenters. The summed E-state index contributed by atoms with van der Waals surface area (Å²) in [6.07, 6.45) is 7.16. The molecule has 154 valence electrons. The molecule has 4 heterocycles. The van der Waals surface area contributed by atoms with Gasteiger partial charge in [0.1, 0.15) is 17.5 Å². The van der Waals surface area contributed by atoms with Crippen molar-refractivity contribution >= 4 is 23.7 Å². The fourth-order valence-corrected chi connectivity index (χ4v) is 4.93. The molecule has 1 aliphatic carbocycles. The molecule has 2 aliphatic heterocycles. The van der Waals surface area contributed by atoms with Crippen molar-refractivity contribution in [1.29, 1.82) is 5.26 Å². The molecular formula is C23H27N7. The molecule has 2 saturated heterocycles. The van der Waals surface area contributed by atoms with Gasteiger partial charge in [0.05, 0.1) is 11.6 Å². The Labute approximate surface area is 177 Å². The minimum absolute atomic E-state index is 0.0846. The first-order chi connectivity index (χ1) is 14.7. The first-order valence-corrected chi connectivity index (χ1v) is 10.7. The molecule has 7 nitrogen and oxygen atoms in total. The molecule has 0 amide bonds. The number of nitriles is 1. The number of nitrogens with one attached hydrogen (secondary N) is 2. The minimum atomic E-state index is -0.0846. The topological polar surface area (TPSA) is 89.2 Å². The van der Waals surface area contributed by atoms with Crippen LogP contribution in [0.4, 0.5) is 17.5 Å². The van der Waals surface area contributed by atoms with Crippen molar-refractivity contribution in [3.8, 4) is 6.07 Å². The molecule has 3 aliphatic rings. The number of hydrogen-bond donors (Lipinski definition) is 2. The fraction of sp³-hybridized carbons (Fsp3) is 0.478. The lowest BCUT2D eigenvalue weighted by Gasteiger charge is -2.35. The monoisotopic (exact) mass is 401 g/mol. The Morgan fingerprint density at radius 3 is 2.77 bits per heavy atom. The summed E-state index contributed by atoms with van der Waals surface area (Å²) in [6.45, 7) is 4.15. The molecule has 30 heavy (non-hydrogen) atoms. The van der Waals surface area contributed by atoms with Crippen LogP contribution in [-0.4, -0.2) is 49.4 Å². The molecule has 0 aromatic carbocycles. The average molecular weight is 402 g/mol. The zero-order chi connectivity index (χ0) is 20.6. The maximum absolute atomic E-state index is 9.20. The van der Waals surface area contributed by atoms with Crippen LogP contribution in [0.3, 0.4) is 0 Å². The lowest BCUT2D eigenvalue weighted by atomic mass is 9.74. The second kappa shape index (κ2) is 7.69. The SMILES string of the molecule is CN=CC1(c2cc(Nc3cc(C#N)ccn3)nc(N3CC4CC4C3)c2)CCNCC1. The third-order valence-electron chi connectivity index (χ3n) is 6.71. The second-order valence-electron chi connectivity index (χ2n) is 8.72. The van der Waals surface area contributed by atoms with Gasteiger partial charge in [0, 0.05) is 38.0 Å². The van der Waals surface area contributed by atoms with Gasteiger partial charge in [0.15, 0.2) is 0 Å². The highest BCUT2D eigenvalue weighted by atomic mass is 15.2. The van der Waals surface area contributed by atoms with Gasteiger partial charge in [-0.1, -0.05) is 0 Å². The van der Waals surface area contributed by atoms with Crippen LogP contribution in [0.1, 0.15) is 30.4 Å². The van der Waals surface area contributed by atoms with Crippen molar-refractivity contribution in [3.05, 3.63) is 41.6 Å². The quantitative estimate of drug-likeness (QED) is 0.749. The number of aliphatic imine (C=N–C) groups is 1. The van der Waals surface area contributed by atoms with Gasteiger partial charge < -0.3 is 15.5 Å². The van der Waals surface area contributed by atoms with Crippen LogP contribution in [-0.2, 0) is 5.41 Å². The Hall–Kier alpha value is -2.98. The number of fused-ring (bicyclic) bond motifs is 1. The van der Waals surface area contributed by atoms with E-state index in [0.29, 0.717) is 11.4 Å². The number of pyridine rings is 2. The minimum Gasteiger partial charge on any atom is -0.356 e. The van der Waals surface area contributed by atoms with E-state index in [1.54, 1.807) is 18.3 Å². The molecule has 2 atom stereocenters. The lowest BCUT2D eigenvalue weighted by Crippen LogP contribution is -2.41. The van der Waals surface area contributed by atoms with Crippen LogP contribution >= 0.6 is 0 Å². The van der Waals surface area contributed by atoms with Crippen LogP contribution in [0.5, 0.6) is 0 Å². The Morgan fingerprint density at radius 1 is 1.23 bits per heavy atom. The normalized spacial score (nSPS) is 24.5. The number of aromatic nitrogens is 2. The van der Waals surface area contributed by atoms with E-state index < -0.39 is 0 Å². The smallest absolute Gasteiger partial charge is 0.134 e. The van der Waals surface area contributed by atoms with E-state index in [-0.39, 0.29) is 5.41 Å². The zero-order valence-corrected chi connectivity index (χ0v) is 17.3. The summed E-state index contributed by atoms with van der Waals surface area (Å²) in [5.74, 6) is 4.11. The van der Waals surface area contributed by atoms with Crippen LogP contribution in [0, 0.1) is 23.2 Å². The largest absolute Gasteiger partial charge is 0.356 e. The van der Waals surface area contributed by atoms with E-state index in [9.17, 15) is 5.26 Å². The van der Waals surface area contributed by atoms with Gasteiger partial charge >= 0.3 is 0 Å². The molecule has 7 heteroatoms. The van der Waals surface area contributed by atoms with E-state index in [1.165, 1.54) is 12.0 Å². The number of piperidine rings is 2. The van der Waals surface area contributed by atoms with Crippen LogP contribution in [0.25, 0.3) is 0 Å². The average Bonchev–Trinajstić information content (AvgIpc) is 3.39. The van der Waals surface area contributed by atoms with Gasteiger partial charge in [-0.3, -0.25) is 4.99 Å². The molecule has 2 aromatic heterocycles. The number of hydrogen-bond acceptors (Lipinski definition) is 7. The zero-order valence-electron chi connectivity index (χ0n) is 17.3. The molecule has 5 rings (SSSR count). The summed E-state index contributed by atoms with van der Waals surface area (Å²) in [5.41, 5.74) is 1.74. The lowest BCUT2D eigenvalue weighted by molar-refractivity contribution is 0.403. The Kier molecular flexibility index (Phi) is 4.87. The number of anilines is 3. The summed E-state index contributed by atoms with van der Waals surface area (Å²) in [5, 5.41) is 16.0. The highest BCUT2D eigenvalue weighted by Crippen LogP contribution is 2.46. The van der Waals surface area contributed by atoms with E-state index in [4.69, 9.17) is 4.98 Å². The van der Waals surface area contributed by atoms with Gasteiger partial charge in [-0.15, -0.1) is 0 Å². The standard InChI is InChI=1S/C23H27N7/c1-25-15-23(3-6-26-7-4-23)19-10-21(28-20-8-16(12-24)2-5-27-20)29-22(11-19)30-13-17-9-18(17)14-30/h2,5,8,10-11,15,17-18,26H,3-4,6-7,9,13-14H2,1H3,(H,27,28,29). The molecule has 2 aromatic rings. The van der Waals surface area contributed by atoms with E-state index in [1.807, 2.05) is 7.05 Å². The first kappa shape index (κ1) is 19.0. The number of rotatable bonds is 5. The van der Waals surface area contributed by atoms with Gasteiger partial charge in [0.25, 0.3) is 0 Å². The molecule has 3 fully saturated rings. The van der Waals surface area contributed by atoms with Crippen LogP contribution in [0.2, 0.25) is 0 Å². The van der Waals surface area contributed by atoms with Crippen LogP contribution < -0.4 is 15.5 Å². The third kappa shape index (κ3) is 3.63. The summed E-state index contributed by atoms with van der Waals surface area (Å²) < 4.78 is 0. The van der Waals surface area contributed by atoms with Crippen molar-refractivity contribution in [2.24, 2.45) is 16.8 Å². The summed E-state index contributed by atoms with van der Waals surface area (Å²) in [7, 11) is 1.86. The molecular weight excluding hydrogens is 374 g/mol. The molecule has 2 N–H and O–H groups in total. The van der Waals surface area contributed by atoms with E-state index in [0.717, 1.165) is 62.5 Å². The van der Waals surface area contributed by atoms with Crippen LogP contribution in [0.15, 0.2) is 35.5 Å². The Morgan fingerprint density at radius 2 is 2.03 bits per heavy atom. The molecule has 0 spiro atoms. The summed E-state index contributed by atoms with van der Waals surface area (Å²) >= 11 is 0. The molecule has 0 bridgehead atoms. The maximum Gasteiger partial charge on any atom is 0.134 e. The van der Waals surface area contributed by atoms with Gasteiger partial charge in [-0.25, -0.2) is 9.97 Å². The predicted molar refractivity (Wildman–Crippen MR) is 118 cm³/mol. The van der Waals surface area contributed by atoms with E-state index in [2.05, 4.69) is 49.9 Å². The van der Waals surface area contributed by atoms with Crippen molar-refractivity contribution in [2.75, 3.05) is 43.4 Å². The molecule has 0 radical (unpaired) electrons. The maximum atomic E-state index is 9.20. The predicted octanol–water partition coefficient (Wildman–Crippen LogP) is 2.87. The van der Waals surface area contributed by atoms with E-state index >= 15 is 0 Å². The summed E-state index contributed by atoms with van der Waals surface area (Å²) in [4.78, 5) is 16.2. The Balaban J connectivity index is 1.54. The third-order valence-corrected chi connectivity index (χ3v) is 6.71. The van der Waals surface area contributed by atoms with Gasteiger partial charge in [-0.2, -0.15) is 5.26 Å². The number of nitrogens with zero attached hydrogens (tertiary/aromatic N) is 5. The Bertz CT molecular complexity index is 993. The van der Waals surface area contributed by atoms with Gasteiger partial charge in [-0.05, 0) is 74.0 Å². The fourth-order valence-electron chi connectivity index (χ4n) is 4.93. The molecule has 1 saturated carbocycles. The van der Waals surface area contributed by atoms with Crippen molar-refractivity contribution in [2.45, 2.75) is 24.7 Å². The second-order valence-corrected chi connectivity index (χ2v) is 8.72.